The average molecular weight is 289 g/mol. The standard InChI is InChI=1S/C11H13BrO4/c1-6(11(13)14)2-3-8-10(16-8)7-4-5-9(12)15-7/h4-6,8,10H,2-3H2,1H3,(H,13,14). The van der Waals surface area contributed by atoms with E-state index < -0.39 is 5.97 Å². The van der Waals surface area contributed by atoms with E-state index in [1.54, 1.807) is 6.92 Å². The third-order valence-electron chi connectivity index (χ3n) is 2.76. The summed E-state index contributed by atoms with van der Waals surface area (Å²) in [5.41, 5.74) is 0. The summed E-state index contributed by atoms with van der Waals surface area (Å²) in [6.45, 7) is 1.71. The highest BCUT2D eigenvalue weighted by Gasteiger charge is 2.42. The minimum atomic E-state index is -0.752. The average Bonchev–Trinajstić information content (AvgIpc) is 2.89. The Morgan fingerprint density at radius 2 is 2.38 bits per heavy atom. The van der Waals surface area contributed by atoms with E-state index in [4.69, 9.17) is 14.3 Å². The maximum atomic E-state index is 10.6. The smallest absolute Gasteiger partial charge is 0.306 e. The van der Waals surface area contributed by atoms with Crippen LogP contribution in [0.1, 0.15) is 31.6 Å². The number of carboxylic acid groups (broad SMARTS) is 1. The summed E-state index contributed by atoms with van der Waals surface area (Å²) < 4.78 is 11.5. The van der Waals surface area contributed by atoms with Gasteiger partial charge in [0.15, 0.2) is 4.67 Å². The molecule has 1 N–H and O–H groups in total. The van der Waals surface area contributed by atoms with Crippen LogP contribution in [0.2, 0.25) is 0 Å². The van der Waals surface area contributed by atoms with Gasteiger partial charge in [-0.15, -0.1) is 0 Å². The van der Waals surface area contributed by atoms with Gasteiger partial charge in [-0.3, -0.25) is 4.79 Å². The van der Waals surface area contributed by atoms with Gasteiger partial charge in [0, 0.05) is 0 Å². The van der Waals surface area contributed by atoms with Crippen LogP contribution >= 0.6 is 15.9 Å². The molecule has 5 heteroatoms. The first-order valence-corrected chi connectivity index (χ1v) is 6.00. The highest BCUT2D eigenvalue weighted by molar-refractivity contribution is 9.10. The first-order chi connectivity index (χ1) is 7.58. The summed E-state index contributed by atoms with van der Waals surface area (Å²) in [5.74, 6) is -0.258. The zero-order valence-corrected chi connectivity index (χ0v) is 10.4. The van der Waals surface area contributed by atoms with E-state index in [1.807, 2.05) is 12.1 Å². The lowest BCUT2D eigenvalue weighted by Gasteiger charge is -2.02. The van der Waals surface area contributed by atoms with Crippen LogP contribution in [0.5, 0.6) is 0 Å². The fourth-order valence-electron chi connectivity index (χ4n) is 1.63. The molecular weight excluding hydrogens is 276 g/mol. The maximum absolute atomic E-state index is 10.6. The van der Waals surface area contributed by atoms with Crippen LogP contribution < -0.4 is 0 Å². The molecule has 0 bridgehead atoms. The Hall–Kier alpha value is -0.810. The second-order valence-electron chi connectivity index (χ2n) is 4.05. The Morgan fingerprint density at radius 3 is 2.94 bits per heavy atom. The third-order valence-corrected chi connectivity index (χ3v) is 3.19. The fourth-order valence-corrected chi connectivity index (χ4v) is 1.95. The highest BCUT2D eigenvalue weighted by Crippen LogP contribution is 2.43. The van der Waals surface area contributed by atoms with Crippen molar-refractivity contribution in [2.75, 3.05) is 0 Å². The quantitative estimate of drug-likeness (QED) is 0.846. The molecule has 4 nitrogen and oxygen atoms in total. The van der Waals surface area contributed by atoms with E-state index in [0.29, 0.717) is 11.1 Å². The first kappa shape index (κ1) is 11.7. The van der Waals surface area contributed by atoms with Gasteiger partial charge in [0.05, 0.1) is 12.0 Å². The fraction of sp³-hybridized carbons (Fsp3) is 0.545. The van der Waals surface area contributed by atoms with Gasteiger partial charge >= 0.3 is 5.97 Å². The number of aliphatic carboxylic acids is 1. The lowest BCUT2D eigenvalue weighted by Crippen LogP contribution is -2.10. The van der Waals surface area contributed by atoms with Crippen molar-refractivity contribution >= 4 is 21.9 Å². The van der Waals surface area contributed by atoms with Gasteiger partial charge in [-0.25, -0.2) is 0 Å². The molecule has 1 aromatic rings. The molecule has 16 heavy (non-hydrogen) atoms. The second kappa shape index (κ2) is 4.59. The molecular formula is C11H13BrO4. The van der Waals surface area contributed by atoms with Crippen LogP contribution in [0.4, 0.5) is 0 Å². The number of epoxide rings is 1. The van der Waals surface area contributed by atoms with Crippen LogP contribution in [0.15, 0.2) is 21.2 Å². The number of carboxylic acids is 1. The predicted molar refractivity (Wildman–Crippen MR) is 60.1 cm³/mol. The van der Waals surface area contributed by atoms with Crippen molar-refractivity contribution in [3.63, 3.8) is 0 Å². The molecule has 0 aromatic carbocycles. The summed E-state index contributed by atoms with van der Waals surface area (Å²) in [6.07, 6.45) is 1.52. The van der Waals surface area contributed by atoms with Crippen molar-refractivity contribution in [1.82, 2.24) is 0 Å². The first-order valence-electron chi connectivity index (χ1n) is 5.21. The zero-order chi connectivity index (χ0) is 11.7. The van der Waals surface area contributed by atoms with Crippen LogP contribution in [-0.4, -0.2) is 17.2 Å². The van der Waals surface area contributed by atoms with Crippen molar-refractivity contribution in [1.29, 1.82) is 0 Å². The van der Waals surface area contributed by atoms with Gasteiger partial charge in [0.1, 0.15) is 11.9 Å². The molecule has 1 saturated heterocycles. The van der Waals surface area contributed by atoms with E-state index in [9.17, 15) is 4.79 Å². The molecule has 0 radical (unpaired) electrons. The summed E-state index contributed by atoms with van der Waals surface area (Å²) >= 11 is 3.23. The van der Waals surface area contributed by atoms with Crippen molar-refractivity contribution in [2.45, 2.75) is 32.0 Å². The van der Waals surface area contributed by atoms with E-state index >= 15 is 0 Å². The molecule has 1 fully saturated rings. The molecule has 88 valence electrons. The summed E-state index contributed by atoms with van der Waals surface area (Å²) in [5, 5.41) is 8.74. The second-order valence-corrected chi connectivity index (χ2v) is 4.84. The van der Waals surface area contributed by atoms with Gasteiger partial charge in [0.25, 0.3) is 0 Å². The monoisotopic (exact) mass is 288 g/mol. The number of hydrogen-bond donors (Lipinski definition) is 1. The summed E-state index contributed by atoms with van der Waals surface area (Å²) in [6, 6.07) is 3.70. The Kier molecular flexibility index (Phi) is 3.35. The van der Waals surface area contributed by atoms with Gasteiger partial charge < -0.3 is 14.3 Å². The normalized spacial score (nSPS) is 25.4. The Morgan fingerprint density at radius 1 is 1.62 bits per heavy atom. The Bertz CT molecular complexity index is 387. The SMILES string of the molecule is CC(CCC1OC1c1ccc(Br)o1)C(=O)O. The van der Waals surface area contributed by atoms with Gasteiger partial charge in [-0.1, -0.05) is 6.92 Å². The maximum Gasteiger partial charge on any atom is 0.306 e. The Labute approximate surface area is 102 Å². The minimum absolute atomic E-state index is 0.00675. The highest BCUT2D eigenvalue weighted by atomic mass is 79.9. The number of carbonyl (C=O) groups is 1. The number of halogens is 1. The molecule has 0 amide bonds. The zero-order valence-electron chi connectivity index (χ0n) is 8.85. The predicted octanol–water partition coefficient (Wildman–Crippen LogP) is 2.98. The molecule has 3 atom stereocenters. The molecule has 2 heterocycles. The van der Waals surface area contributed by atoms with Gasteiger partial charge in [-0.05, 0) is 40.9 Å². The van der Waals surface area contributed by atoms with Crippen molar-refractivity contribution < 1.29 is 19.1 Å². The molecule has 1 aliphatic heterocycles. The molecule has 0 saturated carbocycles. The van der Waals surface area contributed by atoms with E-state index in [0.717, 1.165) is 12.2 Å². The molecule has 1 aliphatic rings. The molecule has 0 spiro atoms. The molecule has 2 rings (SSSR count). The van der Waals surface area contributed by atoms with E-state index in [2.05, 4.69) is 15.9 Å². The summed E-state index contributed by atoms with van der Waals surface area (Å²) in [7, 11) is 0. The summed E-state index contributed by atoms with van der Waals surface area (Å²) in [4.78, 5) is 10.6. The van der Waals surface area contributed by atoms with Gasteiger partial charge in [-0.2, -0.15) is 0 Å². The lowest BCUT2D eigenvalue weighted by molar-refractivity contribution is -0.141. The van der Waals surface area contributed by atoms with Crippen LogP contribution in [0, 0.1) is 5.92 Å². The van der Waals surface area contributed by atoms with E-state index in [-0.39, 0.29) is 18.1 Å². The van der Waals surface area contributed by atoms with Crippen LogP contribution in [-0.2, 0) is 9.53 Å². The van der Waals surface area contributed by atoms with Crippen LogP contribution in [0.25, 0.3) is 0 Å². The minimum Gasteiger partial charge on any atom is -0.481 e. The van der Waals surface area contributed by atoms with Gasteiger partial charge in [0.2, 0.25) is 0 Å². The number of ether oxygens (including phenoxy) is 1. The van der Waals surface area contributed by atoms with Crippen molar-refractivity contribution in [3.8, 4) is 0 Å². The van der Waals surface area contributed by atoms with E-state index in [1.165, 1.54) is 0 Å². The number of hydrogen-bond acceptors (Lipinski definition) is 3. The number of rotatable bonds is 5. The van der Waals surface area contributed by atoms with Crippen LogP contribution in [0.3, 0.4) is 0 Å². The van der Waals surface area contributed by atoms with Crippen molar-refractivity contribution in [2.24, 2.45) is 5.92 Å². The largest absolute Gasteiger partial charge is 0.481 e. The lowest BCUT2D eigenvalue weighted by atomic mass is 10.0. The third kappa shape index (κ3) is 2.65. The number of furan rings is 1. The topological polar surface area (TPSA) is 63.0 Å². The molecule has 3 unspecified atom stereocenters. The van der Waals surface area contributed by atoms with Crippen molar-refractivity contribution in [3.05, 3.63) is 22.6 Å². The molecule has 0 aliphatic carbocycles. The Balaban J connectivity index is 1.77. The molecule has 1 aromatic heterocycles.